The number of fused-ring (bicyclic) bond motifs is 3. The van der Waals surface area contributed by atoms with Crippen LogP contribution >= 0.6 is 0 Å². The third-order valence-electron chi connectivity index (χ3n) is 4.64. The number of benzene rings is 2. The molecule has 0 fully saturated rings. The average Bonchev–Trinajstić information content (AvgIpc) is 2.99. The van der Waals surface area contributed by atoms with E-state index >= 15 is 0 Å². The molecule has 6 heteroatoms. The first-order valence-electron chi connectivity index (χ1n) is 8.24. The number of nitrogens with zero attached hydrogens (tertiary/aromatic N) is 1. The van der Waals surface area contributed by atoms with Crippen LogP contribution < -0.4 is 10.2 Å². The van der Waals surface area contributed by atoms with Crippen molar-refractivity contribution >= 4 is 26.5 Å². The number of furan rings is 1. The fraction of sp³-hybridized carbons (Fsp3) is 0.263. The van der Waals surface area contributed by atoms with Gasteiger partial charge in [0.2, 0.25) is 9.84 Å². The van der Waals surface area contributed by atoms with Gasteiger partial charge in [-0.2, -0.15) is 0 Å². The van der Waals surface area contributed by atoms with Gasteiger partial charge in [-0.15, -0.1) is 0 Å². The Morgan fingerprint density at radius 3 is 2.68 bits per heavy atom. The van der Waals surface area contributed by atoms with Crippen LogP contribution in [0.25, 0.3) is 11.0 Å². The predicted molar refractivity (Wildman–Crippen MR) is 97.8 cm³/mol. The molecule has 0 amide bonds. The second-order valence-electron chi connectivity index (χ2n) is 6.48. The van der Waals surface area contributed by atoms with Gasteiger partial charge in [0.1, 0.15) is 11.3 Å². The van der Waals surface area contributed by atoms with E-state index in [0.29, 0.717) is 16.3 Å². The molecule has 2 aromatic carbocycles. The number of rotatable bonds is 3. The first kappa shape index (κ1) is 16.2. The van der Waals surface area contributed by atoms with Crippen molar-refractivity contribution in [1.29, 1.82) is 0 Å². The third-order valence-corrected chi connectivity index (χ3v) is 6.39. The molecule has 0 aliphatic carbocycles. The van der Waals surface area contributed by atoms with Gasteiger partial charge in [0.15, 0.2) is 0 Å². The van der Waals surface area contributed by atoms with Crippen LogP contribution in [0, 0.1) is 0 Å². The third kappa shape index (κ3) is 2.71. The monoisotopic (exact) mass is 356 g/mol. The molecule has 0 unspecified atom stereocenters. The van der Waals surface area contributed by atoms with Gasteiger partial charge in [0.25, 0.3) is 0 Å². The summed E-state index contributed by atoms with van der Waals surface area (Å²) in [6.45, 7) is 1.57. The Hall–Kier alpha value is -2.31. The summed E-state index contributed by atoms with van der Waals surface area (Å²) in [6, 6.07) is 12.1. The van der Waals surface area contributed by atoms with Crippen molar-refractivity contribution in [3.8, 4) is 0 Å². The molecule has 5 nitrogen and oxygen atoms in total. The van der Waals surface area contributed by atoms with E-state index in [4.69, 9.17) is 4.42 Å². The highest BCUT2D eigenvalue weighted by Gasteiger charge is 2.22. The second-order valence-corrected chi connectivity index (χ2v) is 8.43. The van der Waals surface area contributed by atoms with Crippen molar-refractivity contribution in [3.05, 3.63) is 53.8 Å². The van der Waals surface area contributed by atoms with E-state index in [9.17, 15) is 8.42 Å². The minimum absolute atomic E-state index is 0.303. The Bertz CT molecular complexity index is 1050. The lowest BCUT2D eigenvalue weighted by Gasteiger charge is -2.14. The van der Waals surface area contributed by atoms with Gasteiger partial charge in [-0.05, 0) is 49.4 Å². The maximum atomic E-state index is 13.1. The quantitative estimate of drug-likeness (QED) is 0.782. The summed E-state index contributed by atoms with van der Waals surface area (Å²) >= 11 is 0. The number of hydrogen-bond donors (Lipinski definition) is 1. The maximum Gasteiger partial charge on any atom is 0.206 e. The summed E-state index contributed by atoms with van der Waals surface area (Å²) in [5, 5.41) is 4.18. The van der Waals surface area contributed by atoms with Gasteiger partial charge in [-0.3, -0.25) is 0 Å². The Balaban J connectivity index is 1.84. The minimum atomic E-state index is -3.57. The van der Waals surface area contributed by atoms with Crippen LogP contribution in [0.2, 0.25) is 0 Å². The van der Waals surface area contributed by atoms with E-state index in [1.54, 1.807) is 36.4 Å². The molecule has 0 bridgehead atoms. The van der Waals surface area contributed by atoms with Gasteiger partial charge in [-0.25, -0.2) is 8.42 Å². The minimum Gasteiger partial charge on any atom is -0.459 e. The van der Waals surface area contributed by atoms with E-state index in [0.717, 1.165) is 40.9 Å². The Labute approximate surface area is 147 Å². The lowest BCUT2D eigenvalue weighted by molar-refractivity contribution is 0.488. The highest BCUT2D eigenvalue weighted by molar-refractivity contribution is 7.91. The smallest absolute Gasteiger partial charge is 0.206 e. The average molecular weight is 356 g/mol. The SMILES string of the molecule is CN(C)c1cccc(S(=O)(=O)c2ccc3oc4c(c3c2)CCNC4)c1. The van der Waals surface area contributed by atoms with Crippen LogP contribution in [0.15, 0.2) is 56.7 Å². The molecule has 0 saturated heterocycles. The van der Waals surface area contributed by atoms with Crippen molar-refractivity contribution in [2.24, 2.45) is 0 Å². The summed E-state index contributed by atoms with van der Waals surface area (Å²) in [5.74, 6) is 0.908. The number of sulfone groups is 1. The molecule has 4 rings (SSSR count). The van der Waals surface area contributed by atoms with E-state index in [-0.39, 0.29) is 0 Å². The molecular weight excluding hydrogens is 336 g/mol. The lowest BCUT2D eigenvalue weighted by Crippen LogP contribution is -2.22. The number of nitrogens with one attached hydrogen (secondary N) is 1. The Morgan fingerprint density at radius 1 is 1.08 bits per heavy atom. The standard InChI is InChI=1S/C19H20N2O3S/c1-21(2)13-4-3-5-14(10-13)25(22,23)15-6-7-18-17(11-15)16-8-9-20-12-19(16)24-18/h3-7,10-11,20H,8-9,12H2,1-2H3. The highest BCUT2D eigenvalue weighted by atomic mass is 32.2. The molecule has 1 aliphatic heterocycles. The van der Waals surface area contributed by atoms with E-state index in [1.165, 1.54) is 0 Å². The van der Waals surface area contributed by atoms with E-state index in [2.05, 4.69) is 5.32 Å². The van der Waals surface area contributed by atoms with Crippen molar-refractivity contribution in [1.82, 2.24) is 5.32 Å². The van der Waals surface area contributed by atoms with Crippen LogP contribution in [0.4, 0.5) is 5.69 Å². The fourth-order valence-corrected chi connectivity index (χ4v) is 4.57. The van der Waals surface area contributed by atoms with Crippen LogP contribution in [-0.2, 0) is 22.8 Å². The Kier molecular flexibility index (Phi) is 3.81. The van der Waals surface area contributed by atoms with Gasteiger partial charge < -0.3 is 14.6 Å². The Morgan fingerprint density at radius 2 is 1.88 bits per heavy atom. The normalized spacial score (nSPS) is 14.5. The molecule has 130 valence electrons. The first-order valence-corrected chi connectivity index (χ1v) is 9.72. The topological polar surface area (TPSA) is 62.6 Å². The summed E-state index contributed by atoms with van der Waals surface area (Å²) in [4.78, 5) is 2.50. The lowest BCUT2D eigenvalue weighted by atomic mass is 10.1. The van der Waals surface area contributed by atoms with Gasteiger partial charge in [-0.1, -0.05) is 6.07 Å². The maximum absolute atomic E-state index is 13.1. The van der Waals surface area contributed by atoms with Gasteiger partial charge >= 0.3 is 0 Å². The molecular formula is C19H20N2O3S. The van der Waals surface area contributed by atoms with Crippen LogP contribution in [0.5, 0.6) is 0 Å². The highest BCUT2D eigenvalue weighted by Crippen LogP contribution is 2.32. The molecule has 25 heavy (non-hydrogen) atoms. The summed E-state index contributed by atoms with van der Waals surface area (Å²) in [6.07, 6.45) is 0.849. The first-order chi connectivity index (χ1) is 12.0. The zero-order chi connectivity index (χ0) is 17.6. The number of hydrogen-bond acceptors (Lipinski definition) is 5. The van der Waals surface area contributed by atoms with Crippen molar-refractivity contribution < 1.29 is 12.8 Å². The van der Waals surface area contributed by atoms with Crippen molar-refractivity contribution in [3.63, 3.8) is 0 Å². The van der Waals surface area contributed by atoms with E-state index < -0.39 is 9.84 Å². The van der Waals surface area contributed by atoms with Crippen molar-refractivity contribution in [2.45, 2.75) is 22.8 Å². The molecule has 1 aromatic heterocycles. The predicted octanol–water partition coefficient (Wildman–Crippen LogP) is 2.98. The fourth-order valence-electron chi connectivity index (χ4n) is 3.24. The molecule has 0 saturated carbocycles. The molecule has 1 aliphatic rings. The molecule has 1 N–H and O–H groups in total. The van der Waals surface area contributed by atoms with Gasteiger partial charge in [0.05, 0.1) is 16.3 Å². The van der Waals surface area contributed by atoms with Crippen LogP contribution in [0.3, 0.4) is 0 Å². The summed E-state index contributed by atoms with van der Waals surface area (Å²) in [7, 11) is 0.210. The van der Waals surface area contributed by atoms with Crippen LogP contribution in [0.1, 0.15) is 11.3 Å². The summed E-state index contributed by atoms with van der Waals surface area (Å²) < 4.78 is 32.0. The molecule has 2 heterocycles. The largest absolute Gasteiger partial charge is 0.459 e. The second kappa shape index (κ2) is 5.89. The molecule has 3 aromatic rings. The molecule has 0 radical (unpaired) electrons. The van der Waals surface area contributed by atoms with Crippen molar-refractivity contribution in [2.75, 3.05) is 25.5 Å². The zero-order valence-electron chi connectivity index (χ0n) is 14.2. The number of anilines is 1. The van der Waals surface area contributed by atoms with E-state index in [1.807, 2.05) is 25.1 Å². The van der Waals surface area contributed by atoms with Gasteiger partial charge in [0, 0.05) is 30.7 Å². The zero-order valence-corrected chi connectivity index (χ0v) is 15.1. The van der Waals surface area contributed by atoms with Crippen LogP contribution in [-0.4, -0.2) is 29.1 Å². The summed E-state index contributed by atoms with van der Waals surface area (Å²) in [5.41, 5.74) is 2.72. The molecule has 0 atom stereocenters. The molecule has 0 spiro atoms.